The van der Waals surface area contributed by atoms with Crippen LogP contribution in [0.3, 0.4) is 0 Å². The summed E-state index contributed by atoms with van der Waals surface area (Å²) in [4.78, 5) is 10.7. The summed E-state index contributed by atoms with van der Waals surface area (Å²) >= 11 is 1.18. The minimum atomic E-state index is -0.865. The van der Waals surface area contributed by atoms with E-state index in [2.05, 4.69) is 10.2 Å². The van der Waals surface area contributed by atoms with Crippen LogP contribution in [0.25, 0.3) is 0 Å². The number of aromatic nitrogens is 3. The predicted molar refractivity (Wildman–Crippen MR) is 73.2 cm³/mol. The van der Waals surface area contributed by atoms with E-state index in [9.17, 15) is 9.90 Å². The molecule has 1 heterocycles. The zero-order valence-corrected chi connectivity index (χ0v) is 12.1. The summed E-state index contributed by atoms with van der Waals surface area (Å²) in [5.41, 5.74) is 0. The molecule has 20 heavy (non-hydrogen) atoms. The molecular weight excluding hydrogens is 278 g/mol. The molecule has 2 aliphatic rings. The molecule has 2 aliphatic carbocycles. The molecule has 0 aromatic carbocycles. The molecule has 0 unspecified atom stereocenters. The Bertz CT molecular complexity index is 485. The summed E-state index contributed by atoms with van der Waals surface area (Å²) in [6, 6.07) is 0. The minimum Gasteiger partial charge on any atom is -0.481 e. The summed E-state index contributed by atoms with van der Waals surface area (Å²) in [5, 5.41) is 26.8. The van der Waals surface area contributed by atoms with Crippen molar-refractivity contribution in [3.8, 4) is 0 Å². The normalized spacial score (nSPS) is 18.7. The Morgan fingerprint density at radius 3 is 2.45 bits per heavy atom. The molecule has 7 heteroatoms. The maximum Gasteiger partial charge on any atom is 0.313 e. The van der Waals surface area contributed by atoms with Crippen LogP contribution in [-0.4, -0.2) is 36.7 Å². The van der Waals surface area contributed by atoms with Crippen LogP contribution in [0.5, 0.6) is 0 Å². The van der Waals surface area contributed by atoms with Gasteiger partial charge in [0.2, 0.25) is 0 Å². The molecule has 0 radical (unpaired) electrons. The average molecular weight is 297 g/mol. The first-order valence-corrected chi connectivity index (χ1v) is 8.05. The zero-order valence-electron chi connectivity index (χ0n) is 11.2. The molecular formula is C13H19N3O3S. The quantitative estimate of drug-likeness (QED) is 0.705. The fraction of sp³-hybridized carbons (Fsp3) is 0.769. The fourth-order valence-corrected chi connectivity index (χ4v) is 3.48. The molecule has 6 nitrogen and oxygen atoms in total. The van der Waals surface area contributed by atoms with E-state index in [-0.39, 0.29) is 12.4 Å². The molecule has 2 saturated carbocycles. The van der Waals surface area contributed by atoms with Crippen molar-refractivity contribution < 1.29 is 15.0 Å². The minimum absolute atomic E-state index is 0.0267. The van der Waals surface area contributed by atoms with Gasteiger partial charge >= 0.3 is 5.97 Å². The fourth-order valence-electron chi connectivity index (χ4n) is 2.79. The maximum absolute atomic E-state index is 10.7. The first-order chi connectivity index (χ1) is 9.69. The third kappa shape index (κ3) is 3.15. The third-order valence-corrected chi connectivity index (χ3v) is 5.06. The van der Waals surface area contributed by atoms with Gasteiger partial charge in [-0.2, -0.15) is 0 Å². The lowest BCUT2D eigenvalue weighted by Gasteiger charge is -2.18. The Hall–Kier alpha value is -1.08. The summed E-state index contributed by atoms with van der Waals surface area (Å²) < 4.78 is 1.93. The van der Waals surface area contributed by atoms with Crippen LogP contribution in [0.2, 0.25) is 0 Å². The molecule has 2 N–H and O–H groups in total. The van der Waals surface area contributed by atoms with Gasteiger partial charge in [0.25, 0.3) is 0 Å². The summed E-state index contributed by atoms with van der Waals surface area (Å²) in [6.07, 6.45) is 5.20. The Morgan fingerprint density at radius 2 is 1.95 bits per heavy atom. The standard InChI is InChI=1S/C13H19N3O3S/c17-6-11-14-15-13(20-7-12(18)19)16(11)5-10(8-1-2-8)9-3-4-9/h8-10,17H,1-7H2,(H,18,19). The number of aliphatic carboxylic acids is 1. The van der Waals surface area contributed by atoms with Crippen molar-refractivity contribution in [2.24, 2.45) is 17.8 Å². The number of aliphatic hydroxyl groups excluding tert-OH is 1. The van der Waals surface area contributed by atoms with Crippen molar-refractivity contribution in [2.75, 3.05) is 5.75 Å². The smallest absolute Gasteiger partial charge is 0.313 e. The van der Waals surface area contributed by atoms with E-state index >= 15 is 0 Å². The van der Waals surface area contributed by atoms with Crippen molar-refractivity contribution >= 4 is 17.7 Å². The first kappa shape index (κ1) is 13.9. The highest BCUT2D eigenvalue weighted by atomic mass is 32.2. The number of hydrogen-bond donors (Lipinski definition) is 2. The SMILES string of the molecule is O=C(O)CSc1nnc(CO)n1CC(C1CC1)C1CC1. The average Bonchev–Trinajstić information content (AvgIpc) is 3.32. The molecule has 110 valence electrons. The van der Waals surface area contributed by atoms with Gasteiger partial charge in [0.15, 0.2) is 11.0 Å². The summed E-state index contributed by atoms with van der Waals surface area (Å²) in [5.74, 6) is 1.89. The molecule has 0 saturated heterocycles. The van der Waals surface area contributed by atoms with Gasteiger partial charge < -0.3 is 14.8 Å². The lowest BCUT2D eigenvalue weighted by atomic mass is 9.98. The maximum atomic E-state index is 10.7. The number of aliphatic hydroxyl groups is 1. The van der Waals surface area contributed by atoms with Gasteiger partial charge in [0.1, 0.15) is 6.61 Å². The van der Waals surface area contributed by atoms with Gasteiger partial charge in [-0.1, -0.05) is 11.8 Å². The van der Waals surface area contributed by atoms with Gasteiger partial charge in [-0.25, -0.2) is 0 Å². The Labute approximate surface area is 121 Å². The van der Waals surface area contributed by atoms with E-state index in [4.69, 9.17) is 5.11 Å². The van der Waals surface area contributed by atoms with Crippen LogP contribution in [0, 0.1) is 17.8 Å². The second-order valence-corrected chi connectivity index (χ2v) is 6.63. The highest BCUT2D eigenvalue weighted by molar-refractivity contribution is 7.99. The van der Waals surface area contributed by atoms with Gasteiger partial charge in [0, 0.05) is 6.54 Å². The van der Waals surface area contributed by atoms with Crippen LogP contribution >= 0.6 is 11.8 Å². The third-order valence-electron chi connectivity index (χ3n) is 4.11. The second-order valence-electron chi connectivity index (χ2n) is 5.69. The largest absolute Gasteiger partial charge is 0.481 e. The van der Waals surface area contributed by atoms with Crippen molar-refractivity contribution in [1.82, 2.24) is 14.8 Å². The first-order valence-electron chi connectivity index (χ1n) is 7.06. The Morgan fingerprint density at radius 1 is 1.30 bits per heavy atom. The molecule has 1 aromatic heterocycles. The molecule has 0 amide bonds. The number of carboxylic acid groups (broad SMARTS) is 1. The van der Waals surface area contributed by atoms with E-state index in [1.54, 1.807) is 0 Å². The van der Waals surface area contributed by atoms with Crippen molar-refractivity contribution in [2.45, 2.75) is 44.0 Å². The molecule has 1 aromatic rings. The monoisotopic (exact) mass is 297 g/mol. The van der Waals surface area contributed by atoms with Crippen LogP contribution in [-0.2, 0) is 17.9 Å². The Kier molecular flexibility index (Phi) is 3.98. The zero-order chi connectivity index (χ0) is 14.1. The number of carboxylic acids is 1. The number of nitrogens with zero attached hydrogens (tertiary/aromatic N) is 3. The topological polar surface area (TPSA) is 88.2 Å². The van der Waals surface area contributed by atoms with E-state index in [0.29, 0.717) is 16.9 Å². The second kappa shape index (κ2) is 5.73. The van der Waals surface area contributed by atoms with Gasteiger partial charge in [0.05, 0.1) is 5.75 Å². The van der Waals surface area contributed by atoms with Gasteiger partial charge in [-0.3, -0.25) is 4.79 Å². The van der Waals surface area contributed by atoms with E-state index in [1.165, 1.54) is 37.4 Å². The van der Waals surface area contributed by atoms with Crippen molar-refractivity contribution in [1.29, 1.82) is 0 Å². The highest BCUT2D eigenvalue weighted by Crippen LogP contribution is 2.50. The number of hydrogen-bond acceptors (Lipinski definition) is 5. The molecule has 2 fully saturated rings. The number of thioether (sulfide) groups is 1. The lowest BCUT2D eigenvalue weighted by molar-refractivity contribution is -0.133. The lowest BCUT2D eigenvalue weighted by Crippen LogP contribution is -2.18. The molecule has 0 atom stereocenters. The van der Waals surface area contributed by atoms with Crippen LogP contribution in [0.1, 0.15) is 31.5 Å². The van der Waals surface area contributed by atoms with Crippen molar-refractivity contribution in [3.63, 3.8) is 0 Å². The van der Waals surface area contributed by atoms with E-state index in [1.807, 2.05) is 4.57 Å². The van der Waals surface area contributed by atoms with Crippen LogP contribution in [0.4, 0.5) is 0 Å². The van der Waals surface area contributed by atoms with Crippen LogP contribution < -0.4 is 0 Å². The molecule has 0 bridgehead atoms. The predicted octanol–water partition coefficient (Wildman–Crippen LogP) is 1.38. The highest BCUT2D eigenvalue weighted by Gasteiger charge is 2.41. The van der Waals surface area contributed by atoms with Gasteiger partial charge in [-0.15, -0.1) is 10.2 Å². The van der Waals surface area contributed by atoms with Gasteiger partial charge in [-0.05, 0) is 43.4 Å². The molecule has 0 aliphatic heterocycles. The van der Waals surface area contributed by atoms with Crippen molar-refractivity contribution in [3.05, 3.63) is 5.82 Å². The van der Waals surface area contributed by atoms with Crippen LogP contribution in [0.15, 0.2) is 5.16 Å². The summed E-state index contributed by atoms with van der Waals surface area (Å²) in [6.45, 7) is 0.670. The molecule has 0 spiro atoms. The summed E-state index contributed by atoms with van der Waals surface area (Å²) in [7, 11) is 0. The van der Waals surface area contributed by atoms with E-state index < -0.39 is 5.97 Å². The van der Waals surface area contributed by atoms with E-state index in [0.717, 1.165) is 18.4 Å². The number of carbonyl (C=O) groups is 1. The Balaban J connectivity index is 1.74. The number of rotatable bonds is 8. The molecule has 3 rings (SSSR count).